The lowest BCUT2D eigenvalue weighted by atomic mass is 10.2. The van der Waals surface area contributed by atoms with Crippen LogP contribution in [0, 0.1) is 5.82 Å². The minimum absolute atomic E-state index is 0.247. The molecule has 0 atom stereocenters. The van der Waals surface area contributed by atoms with E-state index in [1.54, 1.807) is 0 Å². The van der Waals surface area contributed by atoms with Gasteiger partial charge in [0, 0.05) is 11.4 Å². The van der Waals surface area contributed by atoms with Crippen LogP contribution in [0.2, 0.25) is 0 Å². The smallest absolute Gasteiger partial charge is 0.343 e. The van der Waals surface area contributed by atoms with E-state index in [1.807, 2.05) is 0 Å². The quantitative estimate of drug-likeness (QED) is 0.483. The molecule has 0 saturated carbocycles. The van der Waals surface area contributed by atoms with Crippen LogP contribution in [0.3, 0.4) is 0 Å². The van der Waals surface area contributed by atoms with Crippen LogP contribution in [0.25, 0.3) is 0 Å². The Morgan fingerprint density at radius 3 is 2.11 bits per heavy atom. The molecule has 4 N–H and O–H groups in total. The van der Waals surface area contributed by atoms with E-state index in [0.29, 0.717) is 11.4 Å². The molecule has 5 heteroatoms. The Morgan fingerprint density at radius 2 is 1.56 bits per heavy atom. The van der Waals surface area contributed by atoms with E-state index in [1.165, 1.54) is 42.5 Å². The van der Waals surface area contributed by atoms with E-state index in [2.05, 4.69) is 0 Å². The van der Waals surface area contributed by atoms with Crippen LogP contribution in [-0.4, -0.2) is 5.97 Å². The summed E-state index contributed by atoms with van der Waals surface area (Å²) in [6.45, 7) is 0. The summed E-state index contributed by atoms with van der Waals surface area (Å²) in [4.78, 5) is 11.8. The Bertz CT molecular complexity index is 562. The lowest BCUT2D eigenvalue weighted by Crippen LogP contribution is -2.09. The van der Waals surface area contributed by atoms with Crippen LogP contribution in [-0.2, 0) is 0 Å². The molecule has 0 fully saturated rings. The number of anilines is 2. The zero-order chi connectivity index (χ0) is 13.1. The Hall–Kier alpha value is -2.56. The predicted octanol–water partition coefficient (Wildman–Crippen LogP) is 2.21. The first kappa shape index (κ1) is 11.9. The minimum atomic E-state index is -0.597. The van der Waals surface area contributed by atoms with E-state index in [-0.39, 0.29) is 11.3 Å². The number of benzene rings is 2. The van der Waals surface area contributed by atoms with E-state index >= 15 is 0 Å². The summed E-state index contributed by atoms with van der Waals surface area (Å²) >= 11 is 0. The highest BCUT2D eigenvalue weighted by Crippen LogP contribution is 2.17. The molecule has 0 radical (unpaired) electrons. The van der Waals surface area contributed by atoms with Gasteiger partial charge in [-0.15, -0.1) is 0 Å². The van der Waals surface area contributed by atoms with Gasteiger partial charge in [0.25, 0.3) is 0 Å². The van der Waals surface area contributed by atoms with Crippen molar-refractivity contribution in [1.29, 1.82) is 0 Å². The van der Waals surface area contributed by atoms with Crippen molar-refractivity contribution in [1.82, 2.24) is 0 Å². The summed E-state index contributed by atoms with van der Waals surface area (Å²) in [7, 11) is 0. The minimum Gasteiger partial charge on any atom is -0.423 e. The SMILES string of the molecule is Nc1cc(N)cc(C(=O)Oc2ccc(F)cc2)c1. The number of nitrogens with two attached hydrogens (primary N) is 2. The van der Waals surface area contributed by atoms with Gasteiger partial charge < -0.3 is 16.2 Å². The number of rotatable bonds is 2. The molecule has 0 bridgehead atoms. The van der Waals surface area contributed by atoms with Gasteiger partial charge in [-0.2, -0.15) is 0 Å². The predicted molar refractivity (Wildman–Crippen MR) is 66.6 cm³/mol. The van der Waals surface area contributed by atoms with Crippen LogP contribution in [0.5, 0.6) is 5.75 Å². The fraction of sp³-hybridized carbons (Fsp3) is 0. The van der Waals surface area contributed by atoms with Crippen molar-refractivity contribution in [2.45, 2.75) is 0 Å². The zero-order valence-electron chi connectivity index (χ0n) is 9.39. The third-order valence-corrected chi connectivity index (χ3v) is 2.24. The van der Waals surface area contributed by atoms with Crippen LogP contribution in [0.4, 0.5) is 15.8 Å². The Kier molecular flexibility index (Phi) is 3.14. The molecule has 0 aliphatic rings. The maximum Gasteiger partial charge on any atom is 0.343 e. The van der Waals surface area contributed by atoms with Crippen LogP contribution in [0.1, 0.15) is 10.4 Å². The second kappa shape index (κ2) is 4.75. The van der Waals surface area contributed by atoms with Crippen LogP contribution >= 0.6 is 0 Å². The molecule has 0 aliphatic heterocycles. The summed E-state index contributed by atoms with van der Waals surface area (Å²) in [6.07, 6.45) is 0. The van der Waals surface area contributed by atoms with Gasteiger partial charge in [-0.05, 0) is 42.5 Å². The van der Waals surface area contributed by atoms with Gasteiger partial charge in [0.1, 0.15) is 11.6 Å². The van der Waals surface area contributed by atoms with E-state index in [0.717, 1.165) is 0 Å². The number of halogens is 1. The molecule has 2 aromatic carbocycles. The van der Waals surface area contributed by atoms with Crippen LogP contribution in [0.15, 0.2) is 42.5 Å². The molecular formula is C13H11FN2O2. The van der Waals surface area contributed by atoms with Gasteiger partial charge in [-0.1, -0.05) is 0 Å². The van der Waals surface area contributed by atoms with Gasteiger partial charge in [0.15, 0.2) is 0 Å². The average Bonchev–Trinajstić information content (AvgIpc) is 2.31. The first-order valence-corrected chi connectivity index (χ1v) is 5.18. The third-order valence-electron chi connectivity index (χ3n) is 2.24. The molecule has 0 unspecified atom stereocenters. The Morgan fingerprint density at radius 1 is 1.00 bits per heavy atom. The van der Waals surface area contributed by atoms with Crippen molar-refractivity contribution in [3.05, 3.63) is 53.8 Å². The van der Waals surface area contributed by atoms with Crippen molar-refractivity contribution in [2.75, 3.05) is 11.5 Å². The number of hydrogen-bond donors (Lipinski definition) is 2. The Balaban J connectivity index is 2.19. The third kappa shape index (κ3) is 2.76. The second-order valence-corrected chi connectivity index (χ2v) is 3.73. The van der Waals surface area contributed by atoms with Crippen LogP contribution < -0.4 is 16.2 Å². The molecule has 92 valence electrons. The molecule has 0 aliphatic carbocycles. The molecule has 18 heavy (non-hydrogen) atoms. The summed E-state index contributed by atoms with van der Waals surface area (Å²) in [6, 6.07) is 9.59. The first-order chi connectivity index (χ1) is 8.54. The Labute approximate surface area is 103 Å². The highest BCUT2D eigenvalue weighted by Gasteiger charge is 2.10. The molecule has 0 aromatic heterocycles. The van der Waals surface area contributed by atoms with Crippen molar-refractivity contribution in [3.8, 4) is 5.75 Å². The standard InChI is InChI=1S/C13H11FN2O2/c14-9-1-3-12(4-2-9)18-13(17)8-5-10(15)7-11(16)6-8/h1-7H,15-16H2. The average molecular weight is 246 g/mol. The molecule has 0 amide bonds. The maximum absolute atomic E-state index is 12.7. The topological polar surface area (TPSA) is 78.3 Å². The van der Waals surface area contributed by atoms with Gasteiger partial charge in [0.05, 0.1) is 5.56 Å². The number of carbonyl (C=O) groups excluding carboxylic acids is 1. The normalized spacial score (nSPS) is 10.1. The number of nitrogen functional groups attached to an aromatic ring is 2. The molecule has 4 nitrogen and oxygen atoms in total. The summed E-state index contributed by atoms with van der Waals surface area (Å²) in [5.41, 5.74) is 12.1. The molecular weight excluding hydrogens is 235 g/mol. The molecule has 0 heterocycles. The number of hydrogen-bond acceptors (Lipinski definition) is 4. The number of ether oxygens (including phenoxy) is 1. The lowest BCUT2D eigenvalue weighted by Gasteiger charge is -2.06. The van der Waals surface area contributed by atoms with Gasteiger partial charge in [0.2, 0.25) is 0 Å². The highest BCUT2D eigenvalue weighted by atomic mass is 19.1. The van der Waals surface area contributed by atoms with Crippen molar-refractivity contribution >= 4 is 17.3 Å². The maximum atomic E-state index is 12.7. The van der Waals surface area contributed by atoms with Crippen molar-refractivity contribution in [2.24, 2.45) is 0 Å². The first-order valence-electron chi connectivity index (χ1n) is 5.18. The molecule has 2 rings (SSSR count). The van der Waals surface area contributed by atoms with Crippen molar-refractivity contribution < 1.29 is 13.9 Å². The van der Waals surface area contributed by atoms with Gasteiger partial charge in [-0.3, -0.25) is 0 Å². The van der Waals surface area contributed by atoms with Gasteiger partial charge >= 0.3 is 5.97 Å². The van der Waals surface area contributed by atoms with Gasteiger partial charge in [-0.25, -0.2) is 9.18 Å². The number of carbonyl (C=O) groups is 1. The van der Waals surface area contributed by atoms with Crippen molar-refractivity contribution in [3.63, 3.8) is 0 Å². The zero-order valence-corrected chi connectivity index (χ0v) is 9.39. The monoisotopic (exact) mass is 246 g/mol. The fourth-order valence-electron chi connectivity index (χ4n) is 1.46. The van der Waals surface area contributed by atoms with E-state index in [9.17, 15) is 9.18 Å². The summed E-state index contributed by atoms with van der Waals surface area (Å²) in [5, 5.41) is 0. The summed E-state index contributed by atoms with van der Waals surface area (Å²) in [5.74, 6) is -0.744. The lowest BCUT2D eigenvalue weighted by molar-refractivity contribution is 0.0734. The fourth-order valence-corrected chi connectivity index (χ4v) is 1.46. The molecule has 2 aromatic rings. The van der Waals surface area contributed by atoms with E-state index in [4.69, 9.17) is 16.2 Å². The largest absolute Gasteiger partial charge is 0.423 e. The highest BCUT2D eigenvalue weighted by molar-refractivity contribution is 5.93. The number of esters is 1. The molecule has 0 spiro atoms. The van der Waals surface area contributed by atoms with E-state index < -0.39 is 11.8 Å². The molecule has 0 saturated heterocycles. The second-order valence-electron chi connectivity index (χ2n) is 3.73. The summed E-state index contributed by atoms with van der Waals surface area (Å²) < 4.78 is 17.7.